The number of carbonyl (C=O) groups excluding carboxylic acids is 3. The van der Waals surface area contributed by atoms with Crippen LogP contribution in [0.25, 0.3) is 11.3 Å². The number of methoxy groups -OCH3 is 1. The lowest BCUT2D eigenvalue weighted by atomic mass is 9.93. The van der Waals surface area contributed by atoms with Crippen LogP contribution in [0.5, 0.6) is 11.9 Å². The van der Waals surface area contributed by atoms with Crippen LogP contribution in [0.2, 0.25) is 0 Å². The van der Waals surface area contributed by atoms with Crippen LogP contribution in [-0.2, 0) is 24.4 Å². The fourth-order valence-corrected chi connectivity index (χ4v) is 7.79. The number of hydrogen-bond acceptors (Lipinski definition) is 9. The zero-order valence-corrected chi connectivity index (χ0v) is 27.2. The third-order valence-electron chi connectivity index (χ3n) is 9.85. The van der Waals surface area contributed by atoms with Gasteiger partial charge in [-0.1, -0.05) is 42.5 Å². The number of amides is 3. The lowest BCUT2D eigenvalue weighted by Crippen LogP contribution is -2.55. The van der Waals surface area contributed by atoms with Gasteiger partial charge in [0.15, 0.2) is 0 Å². The number of hydrogen-bond donors (Lipinski definition) is 2. The van der Waals surface area contributed by atoms with Crippen LogP contribution in [0, 0.1) is 17.8 Å². The summed E-state index contributed by atoms with van der Waals surface area (Å²) in [4.78, 5) is 51.9. The van der Waals surface area contributed by atoms with Gasteiger partial charge in [-0.2, -0.15) is 9.97 Å². The Balaban J connectivity index is 1.26. The van der Waals surface area contributed by atoms with E-state index in [1.54, 1.807) is 24.9 Å². The smallest absolute Gasteiger partial charge is 0.320 e. The van der Waals surface area contributed by atoms with Crippen LogP contribution in [0.15, 0.2) is 48.6 Å². The predicted molar refractivity (Wildman–Crippen MR) is 169 cm³/mol. The topological polar surface area (TPSA) is 157 Å². The highest BCUT2D eigenvalue weighted by Gasteiger charge is 2.63. The molecule has 13 heteroatoms. The Hall–Kier alpha value is -4.00. The first-order chi connectivity index (χ1) is 21.9. The maximum Gasteiger partial charge on any atom is 0.320 e. The maximum absolute atomic E-state index is 14.0. The van der Waals surface area contributed by atoms with Gasteiger partial charge in [-0.05, 0) is 58.3 Å². The molecule has 5 atom stereocenters. The van der Waals surface area contributed by atoms with Gasteiger partial charge in [0.1, 0.15) is 11.6 Å². The van der Waals surface area contributed by atoms with E-state index in [0.29, 0.717) is 25.1 Å². The number of sulfonamides is 1. The van der Waals surface area contributed by atoms with E-state index in [1.165, 1.54) is 7.11 Å². The van der Waals surface area contributed by atoms with Crippen LogP contribution >= 0.6 is 0 Å². The van der Waals surface area contributed by atoms with Gasteiger partial charge < -0.3 is 19.7 Å². The molecule has 2 aromatic rings. The van der Waals surface area contributed by atoms with E-state index in [-0.39, 0.29) is 43.0 Å². The molecule has 3 fully saturated rings. The first-order valence-corrected chi connectivity index (χ1v) is 17.4. The molecule has 3 amide bonds. The maximum atomic E-state index is 14.0. The molecule has 0 unspecified atom stereocenters. The van der Waals surface area contributed by atoms with E-state index in [1.807, 2.05) is 42.5 Å². The lowest BCUT2D eigenvalue weighted by Gasteiger charge is -2.27. The molecule has 0 saturated heterocycles. The molecule has 246 valence electrons. The van der Waals surface area contributed by atoms with Gasteiger partial charge in [0.25, 0.3) is 5.91 Å². The van der Waals surface area contributed by atoms with Crippen LogP contribution in [-0.4, -0.2) is 78.1 Å². The second-order valence-electron chi connectivity index (χ2n) is 13.2. The van der Waals surface area contributed by atoms with E-state index < -0.39 is 50.1 Å². The van der Waals surface area contributed by atoms with E-state index in [0.717, 1.165) is 24.8 Å². The first kappa shape index (κ1) is 32.0. The van der Waals surface area contributed by atoms with E-state index in [2.05, 4.69) is 20.0 Å². The minimum absolute atomic E-state index is 0.123. The molecule has 4 aliphatic rings. The van der Waals surface area contributed by atoms with Crippen molar-refractivity contribution in [1.82, 2.24) is 24.9 Å². The van der Waals surface area contributed by atoms with Crippen molar-refractivity contribution in [2.24, 2.45) is 17.8 Å². The Morgan fingerprint density at radius 1 is 1.09 bits per heavy atom. The Labute approximate surface area is 269 Å². The molecular formula is C33H41N5O7S. The summed E-state index contributed by atoms with van der Waals surface area (Å²) in [5.74, 6) is -2.96. The number of carbonyl (C=O) groups is 3. The largest absolute Gasteiger partial charge is 0.474 e. The normalized spacial score (nSPS) is 29.1. The number of fused-ring (bicyclic) bond motifs is 2. The van der Waals surface area contributed by atoms with Crippen molar-refractivity contribution in [3.8, 4) is 23.1 Å². The second-order valence-corrected chi connectivity index (χ2v) is 15.4. The SMILES string of the molecule is COc1nc(O[C@@H]2C[C@H]3C(=O)N[C@]4(C(=O)NS(=O)(=O)C5(C)CC5)C[C@H]4C=CCCCCN(C)C(=O)[C@@H]3C2)cc(-c2ccccc2)n1. The van der Waals surface area contributed by atoms with Gasteiger partial charge in [-0.25, -0.2) is 8.42 Å². The Morgan fingerprint density at radius 2 is 1.83 bits per heavy atom. The van der Waals surface area contributed by atoms with E-state index in [9.17, 15) is 22.8 Å². The summed E-state index contributed by atoms with van der Waals surface area (Å²) >= 11 is 0. The zero-order chi connectivity index (χ0) is 32.7. The first-order valence-electron chi connectivity index (χ1n) is 15.9. The van der Waals surface area contributed by atoms with Crippen LogP contribution in [0.4, 0.5) is 0 Å². The molecule has 1 aromatic heterocycles. The number of ether oxygens (including phenoxy) is 2. The summed E-state index contributed by atoms with van der Waals surface area (Å²) in [7, 11) is -0.703. The van der Waals surface area contributed by atoms with Crippen molar-refractivity contribution in [1.29, 1.82) is 0 Å². The molecule has 0 spiro atoms. The third kappa shape index (κ3) is 6.33. The van der Waals surface area contributed by atoms with Crippen molar-refractivity contribution in [2.45, 2.75) is 74.7 Å². The number of allylic oxidation sites excluding steroid dienone is 1. The van der Waals surface area contributed by atoms with E-state index >= 15 is 0 Å². The highest BCUT2D eigenvalue weighted by atomic mass is 32.2. The monoisotopic (exact) mass is 651 g/mol. The predicted octanol–water partition coefficient (Wildman–Crippen LogP) is 3.00. The van der Waals surface area contributed by atoms with Crippen LogP contribution in [0.1, 0.15) is 58.3 Å². The van der Waals surface area contributed by atoms with Crippen molar-refractivity contribution in [3.05, 3.63) is 48.6 Å². The summed E-state index contributed by atoms with van der Waals surface area (Å²) in [6.07, 6.45) is 7.42. The Bertz CT molecular complexity index is 1640. The minimum atomic E-state index is -3.91. The van der Waals surface area contributed by atoms with Gasteiger partial charge in [0.2, 0.25) is 27.7 Å². The third-order valence-corrected chi connectivity index (χ3v) is 12.0. The van der Waals surface area contributed by atoms with E-state index in [4.69, 9.17) is 9.47 Å². The fraction of sp³-hybridized carbons (Fsp3) is 0.545. The highest BCUT2D eigenvalue weighted by Crippen LogP contribution is 2.48. The van der Waals surface area contributed by atoms with Crippen molar-refractivity contribution >= 4 is 27.7 Å². The number of benzene rings is 1. The molecule has 2 N–H and O–H groups in total. The fourth-order valence-electron chi connectivity index (χ4n) is 6.47. The Morgan fingerprint density at radius 3 is 2.54 bits per heavy atom. The molecule has 3 aliphatic carbocycles. The molecule has 1 aromatic carbocycles. The quantitative estimate of drug-likeness (QED) is 0.430. The van der Waals surface area contributed by atoms with Gasteiger partial charge >= 0.3 is 6.01 Å². The Kier molecular flexibility index (Phi) is 8.55. The zero-order valence-electron chi connectivity index (χ0n) is 26.4. The average molecular weight is 652 g/mol. The summed E-state index contributed by atoms with van der Waals surface area (Å²) in [6, 6.07) is 11.3. The van der Waals surface area contributed by atoms with Crippen LogP contribution < -0.4 is 19.5 Å². The summed E-state index contributed by atoms with van der Waals surface area (Å²) < 4.78 is 38.8. The molecule has 1 aliphatic heterocycles. The molecule has 6 rings (SSSR count). The minimum Gasteiger partial charge on any atom is -0.474 e. The summed E-state index contributed by atoms with van der Waals surface area (Å²) in [5, 5.41) is 2.92. The number of aromatic nitrogens is 2. The lowest BCUT2D eigenvalue weighted by molar-refractivity contribution is -0.140. The number of nitrogens with zero attached hydrogens (tertiary/aromatic N) is 3. The molecule has 0 bridgehead atoms. The number of rotatable bonds is 7. The molecule has 3 saturated carbocycles. The highest BCUT2D eigenvalue weighted by molar-refractivity contribution is 7.91. The van der Waals surface area contributed by atoms with Crippen molar-refractivity contribution in [2.75, 3.05) is 20.7 Å². The van der Waals surface area contributed by atoms with Crippen LogP contribution in [0.3, 0.4) is 0 Å². The molecule has 2 heterocycles. The molecule has 12 nitrogen and oxygen atoms in total. The molecule has 0 radical (unpaired) electrons. The average Bonchev–Trinajstić information content (AvgIpc) is 3.92. The summed E-state index contributed by atoms with van der Waals surface area (Å²) in [5.41, 5.74) is 0.0421. The van der Waals surface area contributed by atoms with Gasteiger partial charge in [-0.3, -0.25) is 19.1 Å². The van der Waals surface area contributed by atoms with Crippen molar-refractivity contribution < 1.29 is 32.3 Å². The summed E-state index contributed by atoms with van der Waals surface area (Å²) in [6.45, 7) is 2.16. The van der Waals surface area contributed by atoms with Gasteiger partial charge in [-0.15, -0.1) is 0 Å². The molecular weight excluding hydrogens is 610 g/mol. The second kappa shape index (κ2) is 12.3. The van der Waals surface area contributed by atoms with Gasteiger partial charge in [0.05, 0.1) is 29.4 Å². The molecule has 46 heavy (non-hydrogen) atoms. The van der Waals surface area contributed by atoms with Gasteiger partial charge in [0, 0.05) is 31.1 Å². The van der Waals surface area contributed by atoms with Crippen molar-refractivity contribution in [3.63, 3.8) is 0 Å². The number of nitrogens with one attached hydrogen (secondary N) is 2. The standard InChI is InChI=1S/C33H41N5O7S/c1-32(14-15-32)46(42,43)37-30(41)33-20-22(33)13-9-4-5-10-16-38(2)29(40)25-18-23(17-24(25)28(39)36-33)45-27-19-26(34-31(35-27)44-3)21-11-7-6-8-12-21/h6-9,11-13,19,22-25H,4-5,10,14-18,20H2,1-3H3,(H,36,39)(H,37,41)/t22-,23-,24-,25-,33-/m1/s1.